The molecule has 1 atom stereocenters. The Bertz CT molecular complexity index is 278. The summed E-state index contributed by atoms with van der Waals surface area (Å²) in [5.41, 5.74) is 0.531. The summed E-state index contributed by atoms with van der Waals surface area (Å²) in [7, 11) is 0. The second-order valence-corrected chi connectivity index (χ2v) is 3.21. The number of aliphatic hydroxyl groups is 1. The summed E-state index contributed by atoms with van der Waals surface area (Å²) < 4.78 is 13.3. The van der Waals surface area contributed by atoms with Crippen LogP contribution >= 0.6 is 0 Å². The zero-order chi connectivity index (χ0) is 10.4. The molecule has 0 aliphatic heterocycles. The van der Waals surface area contributed by atoms with Gasteiger partial charge in [-0.3, -0.25) is 0 Å². The van der Waals surface area contributed by atoms with E-state index in [4.69, 9.17) is 5.11 Å². The van der Waals surface area contributed by atoms with Crippen LogP contribution in [-0.4, -0.2) is 18.3 Å². The SMILES string of the molecule is CCCNC(CO)c1ccccc1F. The van der Waals surface area contributed by atoms with Crippen LogP contribution in [0.2, 0.25) is 0 Å². The predicted molar refractivity (Wildman–Crippen MR) is 54.5 cm³/mol. The van der Waals surface area contributed by atoms with E-state index < -0.39 is 0 Å². The summed E-state index contributed by atoms with van der Waals surface area (Å²) in [5, 5.41) is 12.2. The lowest BCUT2D eigenvalue weighted by molar-refractivity contribution is 0.242. The number of rotatable bonds is 5. The van der Waals surface area contributed by atoms with Crippen molar-refractivity contribution in [2.24, 2.45) is 0 Å². The van der Waals surface area contributed by atoms with Crippen LogP contribution in [0.15, 0.2) is 24.3 Å². The second-order valence-electron chi connectivity index (χ2n) is 3.21. The fourth-order valence-corrected chi connectivity index (χ4v) is 1.35. The number of nitrogens with one attached hydrogen (secondary N) is 1. The number of hydrogen-bond acceptors (Lipinski definition) is 2. The lowest BCUT2D eigenvalue weighted by atomic mass is 10.1. The highest BCUT2D eigenvalue weighted by atomic mass is 19.1. The topological polar surface area (TPSA) is 32.3 Å². The second kappa shape index (κ2) is 5.73. The average molecular weight is 197 g/mol. The molecule has 0 aliphatic carbocycles. The lowest BCUT2D eigenvalue weighted by Gasteiger charge is -2.16. The van der Waals surface area contributed by atoms with E-state index in [2.05, 4.69) is 5.32 Å². The summed E-state index contributed by atoms with van der Waals surface area (Å²) in [6.07, 6.45) is 0.963. The predicted octanol–water partition coefficient (Wildman–Crippen LogP) is 1.86. The van der Waals surface area contributed by atoms with Crippen molar-refractivity contribution in [3.63, 3.8) is 0 Å². The van der Waals surface area contributed by atoms with E-state index in [0.717, 1.165) is 13.0 Å². The van der Waals surface area contributed by atoms with Gasteiger partial charge in [-0.05, 0) is 19.0 Å². The molecule has 2 N–H and O–H groups in total. The fourth-order valence-electron chi connectivity index (χ4n) is 1.35. The third-order valence-electron chi connectivity index (χ3n) is 2.10. The molecule has 1 rings (SSSR count). The highest BCUT2D eigenvalue weighted by molar-refractivity contribution is 5.21. The van der Waals surface area contributed by atoms with Crippen molar-refractivity contribution in [3.05, 3.63) is 35.6 Å². The molecule has 0 spiro atoms. The first-order chi connectivity index (χ1) is 6.79. The van der Waals surface area contributed by atoms with Gasteiger partial charge in [0.2, 0.25) is 0 Å². The molecule has 78 valence electrons. The van der Waals surface area contributed by atoms with E-state index in [1.807, 2.05) is 6.92 Å². The van der Waals surface area contributed by atoms with Gasteiger partial charge in [-0.25, -0.2) is 4.39 Å². The molecule has 0 saturated heterocycles. The molecule has 0 bridgehead atoms. The minimum Gasteiger partial charge on any atom is -0.394 e. The average Bonchev–Trinajstić information content (AvgIpc) is 2.21. The molecule has 0 fully saturated rings. The summed E-state index contributed by atoms with van der Waals surface area (Å²) in [4.78, 5) is 0. The molecule has 0 radical (unpaired) electrons. The van der Waals surface area contributed by atoms with Crippen molar-refractivity contribution in [2.75, 3.05) is 13.2 Å². The van der Waals surface area contributed by atoms with Gasteiger partial charge in [0, 0.05) is 5.56 Å². The minimum atomic E-state index is -0.295. The molecule has 3 heteroatoms. The molecule has 14 heavy (non-hydrogen) atoms. The minimum absolute atomic E-state index is 0.0824. The quantitative estimate of drug-likeness (QED) is 0.755. The van der Waals surface area contributed by atoms with Gasteiger partial charge in [-0.2, -0.15) is 0 Å². The molecular weight excluding hydrogens is 181 g/mol. The molecule has 1 aromatic rings. The largest absolute Gasteiger partial charge is 0.394 e. The summed E-state index contributed by atoms with van der Waals surface area (Å²) in [6.45, 7) is 2.73. The van der Waals surface area contributed by atoms with Gasteiger partial charge in [-0.1, -0.05) is 25.1 Å². The van der Waals surface area contributed by atoms with E-state index in [1.54, 1.807) is 18.2 Å². The first kappa shape index (κ1) is 11.1. The van der Waals surface area contributed by atoms with Gasteiger partial charge in [0.15, 0.2) is 0 Å². The van der Waals surface area contributed by atoms with Crippen LogP contribution in [0, 0.1) is 5.82 Å². The number of hydrogen-bond donors (Lipinski definition) is 2. The maximum Gasteiger partial charge on any atom is 0.128 e. The van der Waals surface area contributed by atoms with Crippen LogP contribution in [0.3, 0.4) is 0 Å². The Morgan fingerprint density at radius 1 is 1.43 bits per heavy atom. The van der Waals surface area contributed by atoms with Crippen LogP contribution in [0.25, 0.3) is 0 Å². The van der Waals surface area contributed by atoms with Crippen molar-refractivity contribution in [1.82, 2.24) is 5.32 Å². The van der Waals surface area contributed by atoms with Crippen molar-refractivity contribution < 1.29 is 9.50 Å². The van der Waals surface area contributed by atoms with Crippen LogP contribution in [0.5, 0.6) is 0 Å². The standard InChI is InChI=1S/C11H16FNO/c1-2-7-13-11(8-14)9-5-3-4-6-10(9)12/h3-6,11,13-14H,2,7-8H2,1H3. The Morgan fingerprint density at radius 2 is 2.14 bits per heavy atom. The van der Waals surface area contributed by atoms with Crippen molar-refractivity contribution in [1.29, 1.82) is 0 Å². The molecule has 0 heterocycles. The number of aliphatic hydroxyl groups excluding tert-OH is 1. The summed E-state index contributed by atoms with van der Waals surface area (Å²) in [5.74, 6) is -0.268. The Hall–Kier alpha value is -0.930. The molecule has 2 nitrogen and oxygen atoms in total. The van der Waals surface area contributed by atoms with Crippen LogP contribution in [0.4, 0.5) is 4.39 Å². The first-order valence-electron chi connectivity index (χ1n) is 4.88. The smallest absolute Gasteiger partial charge is 0.128 e. The normalized spacial score (nSPS) is 12.8. The van der Waals surface area contributed by atoms with Crippen molar-refractivity contribution in [2.45, 2.75) is 19.4 Å². The zero-order valence-electron chi connectivity index (χ0n) is 8.33. The monoisotopic (exact) mass is 197 g/mol. The van der Waals surface area contributed by atoms with E-state index in [-0.39, 0.29) is 18.5 Å². The van der Waals surface area contributed by atoms with Gasteiger partial charge in [0.05, 0.1) is 12.6 Å². The molecule has 1 unspecified atom stereocenters. The molecular formula is C11H16FNO. The van der Waals surface area contributed by atoms with Gasteiger partial charge in [0.1, 0.15) is 5.82 Å². The van der Waals surface area contributed by atoms with Crippen molar-refractivity contribution in [3.8, 4) is 0 Å². The van der Waals surface area contributed by atoms with Gasteiger partial charge >= 0.3 is 0 Å². The Labute approximate surface area is 83.8 Å². The molecule has 0 amide bonds. The molecule has 0 aliphatic rings. The maximum absolute atomic E-state index is 13.3. The fraction of sp³-hybridized carbons (Fsp3) is 0.455. The van der Waals surface area contributed by atoms with Crippen LogP contribution in [0.1, 0.15) is 24.9 Å². The van der Waals surface area contributed by atoms with Gasteiger partial charge in [-0.15, -0.1) is 0 Å². The lowest BCUT2D eigenvalue weighted by Crippen LogP contribution is -2.25. The van der Waals surface area contributed by atoms with Gasteiger partial charge in [0.25, 0.3) is 0 Å². The third kappa shape index (κ3) is 2.79. The molecule has 0 saturated carbocycles. The van der Waals surface area contributed by atoms with Crippen molar-refractivity contribution >= 4 is 0 Å². The van der Waals surface area contributed by atoms with Gasteiger partial charge < -0.3 is 10.4 Å². The first-order valence-corrected chi connectivity index (χ1v) is 4.88. The van der Waals surface area contributed by atoms with E-state index in [1.165, 1.54) is 6.07 Å². The maximum atomic E-state index is 13.3. The number of halogens is 1. The summed E-state index contributed by atoms with van der Waals surface area (Å²) in [6, 6.07) is 6.22. The molecule has 1 aromatic carbocycles. The molecule has 0 aromatic heterocycles. The van der Waals surface area contributed by atoms with Crippen LogP contribution < -0.4 is 5.32 Å². The Morgan fingerprint density at radius 3 is 2.71 bits per heavy atom. The summed E-state index contributed by atoms with van der Waals surface area (Å²) >= 11 is 0. The Balaban J connectivity index is 2.73. The zero-order valence-corrected chi connectivity index (χ0v) is 8.33. The third-order valence-corrected chi connectivity index (χ3v) is 2.10. The Kier molecular flexibility index (Phi) is 4.56. The van der Waals surface area contributed by atoms with E-state index in [9.17, 15) is 4.39 Å². The number of benzene rings is 1. The van der Waals surface area contributed by atoms with E-state index in [0.29, 0.717) is 5.56 Å². The van der Waals surface area contributed by atoms with E-state index >= 15 is 0 Å². The highest BCUT2D eigenvalue weighted by Crippen LogP contribution is 2.15. The highest BCUT2D eigenvalue weighted by Gasteiger charge is 2.12. The van der Waals surface area contributed by atoms with Crippen LogP contribution in [-0.2, 0) is 0 Å².